The Morgan fingerprint density at radius 3 is 2.12 bits per heavy atom. The van der Waals surface area contributed by atoms with Crippen molar-refractivity contribution in [2.24, 2.45) is 0 Å². The lowest BCUT2D eigenvalue weighted by atomic mass is 10.1. The Morgan fingerprint density at radius 1 is 1.12 bits per heavy atom. The summed E-state index contributed by atoms with van der Waals surface area (Å²) in [4.78, 5) is 12.4. The third kappa shape index (κ3) is 5.03. The third-order valence-corrected chi connectivity index (χ3v) is 14.9. The second kappa shape index (κ2) is 8.30. The van der Waals surface area contributed by atoms with Crippen LogP contribution in [0, 0.1) is 0 Å². The Hall–Kier alpha value is -0.436. The Labute approximate surface area is 150 Å². The molecule has 0 fully saturated rings. The van der Waals surface area contributed by atoms with E-state index >= 15 is 0 Å². The normalized spacial score (nSPS) is 22.6. The van der Waals surface area contributed by atoms with Crippen LogP contribution in [0.4, 0.5) is 0 Å². The van der Waals surface area contributed by atoms with Crippen molar-refractivity contribution in [1.29, 1.82) is 0 Å². The van der Waals surface area contributed by atoms with Crippen molar-refractivity contribution in [2.45, 2.75) is 90.0 Å². The molecule has 0 saturated carbocycles. The molecule has 6 heteroatoms. The van der Waals surface area contributed by atoms with Crippen molar-refractivity contribution < 1.29 is 18.4 Å². The number of ketones is 1. The molecule has 0 aromatic heterocycles. The van der Waals surface area contributed by atoms with Crippen LogP contribution >= 0.6 is 0 Å². The van der Waals surface area contributed by atoms with Crippen molar-refractivity contribution in [3.63, 3.8) is 0 Å². The molecule has 0 N–H and O–H groups in total. The van der Waals surface area contributed by atoms with E-state index < -0.39 is 22.7 Å². The zero-order valence-corrected chi connectivity index (χ0v) is 18.8. The van der Waals surface area contributed by atoms with Gasteiger partial charge >= 0.3 is 0 Å². The molecule has 140 valence electrons. The van der Waals surface area contributed by atoms with Gasteiger partial charge in [-0.05, 0) is 36.3 Å². The van der Waals surface area contributed by atoms with Crippen molar-refractivity contribution in [3.05, 3.63) is 12.3 Å². The topological polar surface area (TPSA) is 44.8 Å². The van der Waals surface area contributed by atoms with Gasteiger partial charge in [0.15, 0.2) is 28.5 Å². The summed E-state index contributed by atoms with van der Waals surface area (Å²) < 4.78 is 18.5. The molecule has 0 spiro atoms. The molecule has 2 atom stereocenters. The van der Waals surface area contributed by atoms with Crippen molar-refractivity contribution in [3.8, 4) is 0 Å². The Bertz CT molecular complexity index is 442. The Morgan fingerprint density at radius 2 is 1.67 bits per heavy atom. The zero-order chi connectivity index (χ0) is 18.6. The summed E-state index contributed by atoms with van der Waals surface area (Å²) in [7, 11) is -3.76. The van der Waals surface area contributed by atoms with E-state index in [1.54, 1.807) is 0 Å². The summed E-state index contributed by atoms with van der Waals surface area (Å²) in [6.45, 7) is 18.0. The molecule has 0 saturated heterocycles. The first-order chi connectivity index (χ1) is 11.0. The fraction of sp³-hybridized carbons (Fsp3) is 0.833. The van der Waals surface area contributed by atoms with Crippen LogP contribution in [0.3, 0.4) is 0 Å². The molecule has 0 unspecified atom stereocenters. The van der Waals surface area contributed by atoms with E-state index in [4.69, 9.17) is 13.6 Å². The monoisotopic (exact) mass is 372 g/mol. The predicted molar refractivity (Wildman–Crippen MR) is 104 cm³/mol. The fourth-order valence-corrected chi connectivity index (χ4v) is 6.41. The summed E-state index contributed by atoms with van der Waals surface area (Å²) >= 11 is 0. The van der Waals surface area contributed by atoms with Gasteiger partial charge in [-0.2, -0.15) is 0 Å². The first kappa shape index (κ1) is 21.6. The highest BCUT2D eigenvalue weighted by atomic mass is 28.4. The molecule has 24 heavy (non-hydrogen) atoms. The zero-order valence-electron chi connectivity index (χ0n) is 16.8. The number of ether oxygens (including phenoxy) is 1. The molecule has 0 bridgehead atoms. The van der Waals surface area contributed by atoms with Gasteiger partial charge in [-0.25, -0.2) is 0 Å². The van der Waals surface area contributed by atoms with Gasteiger partial charge in [0.2, 0.25) is 0 Å². The quantitative estimate of drug-likeness (QED) is 0.570. The highest BCUT2D eigenvalue weighted by Gasteiger charge is 2.42. The number of carbonyl (C=O) groups is 1. The lowest BCUT2D eigenvalue weighted by Crippen LogP contribution is -2.52. The average Bonchev–Trinajstić information content (AvgIpc) is 2.51. The van der Waals surface area contributed by atoms with E-state index in [-0.39, 0.29) is 16.9 Å². The SMILES string of the molecule is CC[Si](CC)(CC)O[C@@H]1C(=O)C=CO[C@@H]1CO[Si](C)(C)C(C)(C)C. The van der Waals surface area contributed by atoms with E-state index in [1.165, 1.54) is 12.3 Å². The fourth-order valence-electron chi connectivity index (χ4n) is 2.59. The van der Waals surface area contributed by atoms with Gasteiger partial charge in [0, 0.05) is 6.08 Å². The lowest BCUT2D eigenvalue weighted by molar-refractivity contribution is -0.131. The molecule has 0 radical (unpaired) electrons. The molecular formula is C18H36O4Si2. The smallest absolute Gasteiger partial charge is 0.193 e. The van der Waals surface area contributed by atoms with Gasteiger partial charge < -0.3 is 13.6 Å². The number of rotatable bonds is 8. The minimum atomic E-state index is -1.88. The number of hydrogen-bond donors (Lipinski definition) is 0. The molecule has 4 nitrogen and oxygen atoms in total. The molecule has 0 aliphatic carbocycles. The second-order valence-electron chi connectivity index (χ2n) is 8.23. The summed E-state index contributed by atoms with van der Waals surface area (Å²) in [5.74, 6) is 0.0114. The highest BCUT2D eigenvalue weighted by Crippen LogP contribution is 2.37. The standard InChI is InChI=1S/C18H36O4Si2/c1-9-24(10-2,11-3)22-17-15(19)12-13-20-16(17)14-21-23(7,8)18(4,5)6/h12-13,16-17H,9-11,14H2,1-8H3/t16-,17-/m1/s1. The van der Waals surface area contributed by atoms with Crippen LogP contribution in [0.2, 0.25) is 36.3 Å². The average molecular weight is 373 g/mol. The van der Waals surface area contributed by atoms with Crippen LogP contribution in [-0.2, 0) is 18.4 Å². The van der Waals surface area contributed by atoms with Gasteiger partial charge in [-0.3, -0.25) is 4.79 Å². The minimum Gasteiger partial charge on any atom is -0.492 e. The van der Waals surface area contributed by atoms with E-state index in [0.717, 1.165) is 18.1 Å². The number of carbonyl (C=O) groups excluding carboxylic acids is 1. The predicted octanol–water partition coefficient (Wildman–Crippen LogP) is 4.88. The maximum Gasteiger partial charge on any atom is 0.193 e. The molecular weight excluding hydrogens is 336 g/mol. The number of hydrogen-bond acceptors (Lipinski definition) is 4. The molecule has 1 aliphatic rings. The highest BCUT2D eigenvalue weighted by molar-refractivity contribution is 6.74. The Kier molecular flexibility index (Phi) is 7.47. The largest absolute Gasteiger partial charge is 0.492 e. The molecule has 0 amide bonds. The van der Waals surface area contributed by atoms with Crippen LogP contribution in [0.5, 0.6) is 0 Å². The van der Waals surface area contributed by atoms with E-state index in [2.05, 4.69) is 54.6 Å². The van der Waals surface area contributed by atoms with Crippen LogP contribution in [-0.4, -0.2) is 41.2 Å². The maximum atomic E-state index is 12.4. The van der Waals surface area contributed by atoms with Crippen LogP contribution in [0.1, 0.15) is 41.5 Å². The summed E-state index contributed by atoms with van der Waals surface area (Å²) in [5.41, 5.74) is 0. The first-order valence-electron chi connectivity index (χ1n) is 9.19. The van der Waals surface area contributed by atoms with Crippen molar-refractivity contribution >= 4 is 22.4 Å². The van der Waals surface area contributed by atoms with Crippen LogP contribution in [0.25, 0.3) is 0 Å². The van der Waals surface area contributed by atoms with Crippen LogP contribution in [0.15, 0.2) is 12.3 Å². The van der Waals surface area contributed by atoms with Gasteiger partial charge in [-0.1, -0.05) is 41.5 Å². The second-order valence-corrected chi connectivity index (χ2v) is 17.8. The van der Waals surface area contributed by atoms with Gasteiger partial charge in [-0.15, -0.1) is 0 Å². The van der Waals surface area contributed by atoms with Gasteiger partial charge in [0.05, 0.1) is 12.9 Å². The Balaban J connectivity index is 2.88. The molecule has 0 aromatic rings. The summed E-state index contributed by atoms with van der Waals surface area (Å²) in [5, 5.41) is 0.132. The molecule has 1 aliphatic heterocycles. The summed E-state index contributed by atoms with van der Waals surface area (Å²) in [6, 6.07) is 3.05. The van der Waals surface area contributed by atoms with Gasteiger partial charge in [0.1, 0.15) is 6.10 Å². The van der Waals surface area contributed by atoms with Crippen LogP contribution < -0.4 is 0 Å². The maximum absolute atomic E-state index is 12.4. The molecule has 1 heterocycles. The van der Waals surface area contributed by atoms with E-state index in [0.29, 0.717) is 6.61 Å². The van der Waals surface area contributed by atoms with E-state index in [9.17, 15) is 4.79 Å². The van der Waals surface area contributed by atoms with Crippen molar-refractivity contribution in [2.75, 3.05) is 6.61 Å². The minimum absolute atomic E-state index is 0.0114. The van der Waals surface area contributed by atoms with E-state index in [1.807, 2.05) is 0 Å². The molecule has 1 rings (SSSR count). The van der Waals surface area contributed by atoms with Crippen molar-refractivity contribution in [1.82, 2.24) is 0 Å². The summed E-state index contributed by atoms with van der Waals surface area (Å²) in [6.07, 6.45) is 2.13. The van der Waals surface area contributed by atoms with Gasteiger partial charge in [0.25, 0.3) is 0 Å². The lowest BCUT2D eigenvalue weighted by Gasteiger charge is -2.40. The third-order valence-electron chi connectivity index (χ3n) is 5.83. The molecule has 0 aromatic carbocycles. The first-order valence-corrected chi connectivity index (χ1v) is 14.6.